The van der Waals surface area contributed by atoms with Gasteiger partial charge in [-0.1, -0.05) is 12.5 Å². The molecule has 2 aromatic heterocycles. The summed E-state index contributed by atoms with van der Waals surface area (Å²) in [5.41, 5.74) is 3.24. The average molecular weight is 369 g/mol. The molecule has 0 spiro atoms. The van der Waals surface area contributed by atoms with E-state index in [-0.39, 0.29) is 6.03 Å². The Morgan fingerprint density at radius 2 is 2.08 bits per heavy atom. The molecule has 0 saturated carbocycles. The van der Waals surface area contributed by atoms with Gasteiger partial charge in [0.15, 0.2) is 5.82 Å². The van der Waals surface area contributed by atoms with Gasteiger partial charge in [-0.15, -0.1) is 0 Å². The fraction of sp³-hybridized carbons (Fsp3) is 0.368. The molecule has 136 valence electrons. The van der Waals surface area contributed by atoms with Crippen LogP contribution in [0.2, 0.25) is 0 Å². The summed E-state index contributed by atoms with van der Waals surface area (Å²) >= 11 is 1.68. The van der Waals surface area contributed by atoms with E-state index in [1.807, 2.05) is 6.07 Å². The molecule has 1 aliphatic heterocycles. The SMILES string of the molecule is O=C(NCCN1CCCCC1)Nc1n[nH]c2cc(-c3ccsc3)ccc12. The van der Waals surface area contributed by atoms with Gasteiger partial charge in [-0.2, -0.15) is 16.4 Å². The smallest absolute Gasteiger partial charge is 0.320 e. The summed E-state index contributed by atoms with van der Waals surface area (Å²) < 4.78 is 0. The zero-order chi connectivity index (χ0) is 17.8. The third-order valence-corrected chi connectivity index (χ3v) is 5.49. The number of benzene rings is 1. The lowest BCUT2D eigenvalue weighted by Gasteiger charge is -2.26. The van der Waals surface area contributed by atoms with Gasteiger partial charge >= 0.3 is 6.03 Å². The molecule has 6 nitrogen and oxygen atoms in total. The van der Waals surface area contributed by atoms with E-state index in [0.29, 0.717) is 12.4 Å². The second-order valence-corrected chi connectivity index (χ2v) is 7.41. The summed E-state index contributed by atoms with van der Waals surface area (Å²) in [6.07, 6.45) is 3.85. The molecule has 1 saturated heterocycles. The fourth-order valence-corrected chi connectivity index (χ4v) is 4.05. The molecular weight excluding hydrogens is 346 g/mol. The molecule has 1 fully saturated rings. The highest BCUT2D eigenvalue weighted by atomic mass is 32.1. The fourth-order valence-electron chi connectivity index (χ4n) is 3.39. The minimum absolute atomic E-state index is 0.211. The number of amides is 2. The Hall–Kier alpha value is -2.38. The zero-order valence-corrected chi connectivity index (χ0v) is 15.4. The first-order chi connectivity index (χ1) is 12.8. The number of aromatic amines is 1. The lowest BCUT2D eigenvalue weighted by atomic mass is 10.1. The number of nitrogens with zero attached hydrogens (tertiary/aromatic N) is 2. The number of rotatable bonds is 5. The molecule has 3 N–H and O–H groups in total. The molecule has 2 amide bonds. The minimum Gasteiger partial charge on any atom is -0.337 e. The molecule has 1 aromatic carbocycles. The highest BCUT2D eigenvalue weighted by Gasteiger charge is 2.12. The van der Waals surface area contributed by atoms with E-state index in [1.165, 1.54) is 24.8 Å². The Morgan fingerprint density at radius 1 is 1.19 bits per heavy atom. The number of likely N-dealkylation sites (tertiary alicyclic amines) is 1. The van der Waals surface area contributed by atoms with E-state index in [4.69, 9.17) is 0 Å². The summed E-state index contributed by atoms with van der Waals surface area (Å²) in [6.45, 7) is 3.83. The van der Waals surface area contributed by atoms with Crippen molar-refractivity contribution in [3.05, 3.63) is 35.0 Å². The van der Waals surface area contributed by atoms with Crippen LogP contribution in [-0.4, -0.2) is 47.3 Å². The number of aromatic nitrogens is 2. The van der Waals surface area contributed by atoms with E-state index in [2.05, 4.69) is 54.7 Å². The normalized spacial score (nSPS) is 15.2. The number of anilines is 1. The highest BCUT2D eigenvalue weighted by molar-refractivity contribution is 7.08. The number of carbonyl (C=O) groups excluding carboxylic acids is 1. The Bertz CT molecular complexity index is 867. The highest BCUT2D eigenvalue weighted by Crippen LogP contribution is 2.28. The van der Waals surface area contributed by atoms with Crippen LogP contribution in [0.15, 0.2) is 35.0 Å². The summed E-state index contributed by atoms with van der Waals surface area (Å²) in [4.78, 5) is 14.6. The van der Waals surface area contributed by atoms with E-state index in [1.54, 1.807) is 11.3 Å². The van der Waals surface area contributed by atoms with Crippen molar-refractivity contribution in [3.8, 4) is 11.1 Å². The molecule has 0 unspecified atom stereocenters. The maximum Gasteiger partial charge on any atom is 0.320 e. The first-order valence-corrected chi connectivity index (χ1v) is 10.0. The lowest BCUT2D eigenvalue weighted by molar-refractivity contribution is 0.224. The third-order valence-electron chi connectivity index (χ3n) is 4.81. The number of nitrogens with one attached hydrogen (secondary N) is 3. The van der Waals surface area contributed by atoms with Gasteiger partial charge in [0.2, 0.25) is 0 Å². The summed E-state index contributed by atoms with van der Waals surface area (Å²) in [5.74, 6) is 0.562. The van der Waals surface area contributed by atoms with Gasteiger partial charge in [0.05, 0.1) is 5.52 Å². The standard InChI is InChI=1S/C19H23N5OS/c25-19(20-7-10-24-8-2-1-3-9-24)21-18-16-5-4-14(12-17(16)22-23-18)15-6-11-26-13-15/h4-6,11-13H,1-3,7-10H2,(H3,20,21,22,23,25). The third kappa shape index (κ3) is 3.89. The average Bonchev–Trinajstić information content (AvgIpc) is 3.33. The first kappa shape index (κ1) is 17.1. The van der Waals surface area contributed by atoms with Gasteiger partial charge in [0.25, 0.3) is 0 Å². The second kappa shape index (κ2) is 7.88. The Morgan fingerprint density at radius 3 is 2.88 bits per heavy atom. The molecule has 3 heterocycles. The predicted molar refractivity (Wildman–Crippen MR) is 107 cm³/mol. The van der Waals surface area contributed by atoms with Crippen LogP contribution in [0.25, 0.3) is 22.0 Å². The van der Waals surface area contributed by atoms with Crippen molar-refractivity contribution in [2.24, 2.45) is 0 Å². The van der Waals surface area contributed by atoms with Crippen molar-refractivity contribution in [2.45, 2.75) is 19.3 Å². The Kier molecular flexibility index (Phi) is 5.17. The molecule has 7 heteroatoms. The van der Waals surface area contributed by atoms with Crippen molar-refractivity contribution in [1.82, 2.24) is 20.4 Å². The van der Waals surface area contributed by atoms with Crippen LogP contribution >= 0.6 is 11.3 Å². The Balaban J connectivity index is 1.35. The molecule has 0 aliphatic carbocycles. The molecular formula is C19H23N5OS. The van der Waals surface area contributed by atoms with E-state index in [9.17, 15) is 4.79 Å². The van der Waals surface area contributed by atoms with Crippen LogP contribution in [0.1, 0.15) is 19.3 Å². The van der Waals surface area contributed by atoms with Gasteiger partial charge in [0.1, 0.15) is 0 Å². The summed E-state index contributed by atoms with van der Waals surface area (Å²) in [6, 6.07) is 7.99. The van der Waals surface area contributed by atoms with Crippen molar-refractivity contribution >= 4 is 34.1 Å². The predicted octanol–water partition coefficient (Wildman–Crippen LogP) is 3.90. The number of urea groups is 1. The van der Waals surface area contributed by atoms with Crippen LogP contribution < -0.4 is 10.6 Å². The van der Waals surface area contributed by atoms with Crippen molar-refractivity contribution in [2.75, 3.05) is 31.5 Å². The van der Waals surface area contributed by atoms with E-state index >= 15 is 0 Å². The number of carbonyl (C=O) groups is 1. The number of thiophene rings is 1. The number of piperidine rings is 1. The molecule has 3 aromatic rings. The number of fused-ring (bicyclic) bond motifs is 1. The summed E-state index contributed by atoms with van der Waals surface area (Å²) in [7, 11) is 0. The molecule has 1 aliphatic rings. The van der Waals surface area contributed by atoms with Crippen LogP contribution in [0.3, 0.4) is 0 Å². The molecule has 0 bridgehead atoms. The molecule has 4 rings (SSSR count). The van der Waals surface area contributed by atoms with Crippen LogP contribution in [0.5, 0.6) is 0 Å². The number of hydrogen-bond acceptors (Lipinski definition) is 4. The second-order valence-electron chi connectivity index (χ2n) is 6.63. The first-order valence-electron chi connectivity index (χ1n) is 9.07. The number of H-pyrrole nitrogens is 1. The van der Waals surface area contributed by atoms with Crippen molar-refractivity contribution in [3.63, 3.8) is 0 Å². The van der Waals surface area contributed by atoms with E-state index in [0.717, 1.165) is 36.1 Å². The molecule has 0 radical (unpaired) electrons. The maximum absolute atomic E-state index is 12.2. The van der Waals surface area contributed by atoms with Crippen molar-refractivity contribution in [1.29, 1.82) is 0 Å². The van der Waals surface area contributed by atoms with Gasteiger partial charge in [0, 0.05) is 18.5 Å². The monoisotopic (exact) mass is 369 g/mol. The minimum atomic E-state index is -0.211. The zero-order valence-electron chi connectivity index (χ0n) is 14.6. The maximum atomic E-state index is 12.2. The summed E-state index contributed by atoms with van der Waals surface area (Å²) in [5, 5.41) is 18.1. The topological polar surface area (TPSA) is 73.1 Å². The van der Waals surface area contributed by atoms with Gasteiger partial charge in [-0.05, 0) is 66.0 Å². The molecule has 0 atom stereocenters. The van der Waals surface area contributed by atoms with Gasteiger partial charge in [-0.25, -0.2) is 4.79 Å². The Labute approximate surface area is 156 Å². The van der Waals surface area contributed by atoms with E-state index < -0.39 is 0 Å². The van der Waals surface area contributed by atoms with Crippen molar-refractivity contribution < 1.29 is 4.79 Å². The quantitative estimate of drug-likeness (QED) is 0.639. The number of hydrogen-bond donors (Lipinski definition) is 3. The van der Waals surface area contributed by atoms with Crippen LogP contribution in [-0.2, 0) is 0 Å². The lowest BCUT2D eigenvalue weighted by Crippen LogP contribution is -2.39. The van der Waals surface area contributed by atoms with Gasteiger partial charge < -0.3 is 10.2 Å². The van der Waals surface area contributed by atoms with Gasteiger partial charge in [-0.3, -0.25) is 10.4 Å². The molecule has 26 heavy (non-hydrogen) atoms. The van der Waals surface area contributed by atoms with Crippen LogP contribution in [0, 0.1) is 0 Å². The van der Waals surface area contributed by atoms with Crippen LogP contribution in [0.4, 0.5) is 10.6 Å². The largest absolute Gasteiger partial charge is 0.337 e.